The lowest BCUT2D eigenvalue weighted by atomic mass is 10.0. The van der Waals surface area contributed by atoms with E-state index in [2.05, 4.69) is 12.2 Å². The first kappa shape index (κ1) is 25.7. The van der Waals surface area contributed by atoms with Crippen molar-refractivity contribution in [1.29, 1.82) is 0 Å². The molecule has 5 heteroatoms. The molecule has 0 aliphatic carbocycles. The average molecular weight is 424 g/mol. The van der Waals surface area contributed by atoms with Crippen LogP contribution in [0.5, 0.6) is 0 Å². The molecule has 2 N–H and O–H groups in total. The Morgan fingerprint density at radius 2 is 1.48 bits per heavy atom. The first-order chi connectivity index (χ1) is 14.1. The van der Waals surface area contributed by atoms with Crippen LogP contribution >= 0.6 is 0 Å². The van der Waals surface area contributed by atoms with Gasteiger partial charge in [-0.25, -0.2) is 4.79 Å². The normalized spacial score (nSPS) is 12.1. The number of hydrogen-bond donors (Lipinski definition) is 2. The van der Waals surface area contributed by atoms with Crippen molar-refractivity contribution in [2.24, 2.45) is 0 Å². The Balaban J connectivity index is 1.97. The highest BCUT2D eigenvalue weighted by Gasteiger charge is 2.08. The highest BCUT2D eigenvalue weighted by Crippen LogP contribution is 2.17. The zero-order valence-corrected chi connectivity index (χ0v) is 19.3. The Hall–Kier alpha value is -1.36. The van der Waals surface area contributed by atoms with Gasteiger partial charge in [0.25, 0.3) is 0 Å². The molecular weight excluding hydrogens is 382 g/mol. The molecule has 0 aliphatic rings. The average Bonchev–Trinajstić information content (AvgIpc) is 2.72. The van der Waals surface area contributed by atoms with Gasteiger partial charge >= 0.3 is 5.97 Å². The summed E-state index contributed by atoms with van der Waals surface area (Å²) in [6, 6.07) is 5.52. The van der Waals surface area contributed by atoms with Gasteiger partial charge in [0.2, 0.25) is 0 Å². The van der Waals surface area contributed by atoms with Crippen LogP contribution in [0.15, 0.2) is 18.2 Å². The van der Waals surface area contributed by atoms with Gasteiger partial charge in [0, 0.05) is 34.5 Å². The molecule has 1 aromatic carbocycles. The summed E-state index contributed by atoms with van der Waals surface area (Å²) in [5.41, 5.74) is 2.31. The number of benzene rings is 1. The number of aromatic carboxylic acids is 1. The smallest absolute Gasteiger partial charge is 0.335 e. The van der Waals surface area contributed by atoms with Gasteiger partial charge in [-0.1, -0.05) is 65.2 Å². The van der Waals surface area contributed by atoms with Gasteiger partial charge in [-0.2, -0.15) is 0 Å². The van der Waals surface area contributed by atoms with Crippen LogP contribution in [0.4, 0.5) is 5.69 Å². The fraction of sp³-hybridized carbons (Fsp3) is 0.708. The molecule has 0 radical (unpaired) electrons. The van der Waals surface area contributed by atoms with Gasteiger partial charge in [0.15, 0.2) is 0 Å². The Morgan fingerprint density at radius 1 is 0.897 bits per heavy atom. The van der Waals surface area contributed by atoms with Crippen molar-refractivity contribution in [1.82, 2.24) is 0 Å². The quantitative estimate of drug-likeness (QED) is 0.267. The Labute approximate surface area is 180 Å². The van der Waals surface area contributed by atoms with Crippen molar-refractivity contribution in [3.05, 3.63) is 29.3 Å². The number of aryl methyl sites for hydroxylation is 1. The van der Waals surface area contributed by atoms with Crippen LogP contribution in [0, 0.1) is 0 Å². The van der Waals surface area contributed by atoms with Crippen molar-refractivity contribution in [3.8, 4) is 0 Å². The predicted octanol–water partition coefficient (Wildman–Crippen LogP) is 6.42. The zero-order chi connectivity index (χ0) is 21.3. The van der Waals surface area contributed by atoms with Gasteiger partial charge in [-0.3, -0.25) is 4.21 Å². The standard InChI is InChI=1S/C24H41NO3S/c1-3-5-18-29(28)19-14-12-10-8-6-7-9-11-13-17-25-22-15-16-23(24(26)27)21(4-2)20-22/h15-16,20,25H,3-14,17-19H2,1-2H3,(H,26,27). The molecule has 0 bridgehead atoms. The molecule has 0 spiro atoms. The van der Waals surface area contributed by atoms with Crippen LogP contribution in [-0.4, -0.2) is 33.3 Å². The molecule has 0 aliphatic heterocycles. The Kier molecular flexibility index (Phi) is 14.6. The van der Waals surface area contributed by atoms with Gasteiger partial charge in [0.05, 0.1) is 5.56 Å². The minimum absolute atomic E-state index is 0.405. The molecule has 0 saturated carbocycles. The molecule has 0 aromatic heterocycles. The topological polar surface area (TPSA) is 66.4 Å². The van der Waals surface area contributed by atoms with Crippen molar-refractivity contribution in [3.63, 3.8) is 0 Å². The number of unbranched alkanes of at least 4 members (excludes halogenated alkanes) is 9. The summed E-state index contributed by atoms with van der Waals surface area (Å²) >= 11 is 0. The van der Waals surface area contributed by atoms with E-state index in [0.29, 0.717) is 5.56 Å². The van der Waals surface area contributed by atoms with Gasteiger partial charge in [-0.05, 0) is 49.4 Å². The molecular formula is C24H41NO3S. The maximum atomic E-state index is 11.7. The van der Waals surface area contributed by atoms with Gasteiger partial charge in [-0.15, -0.1) is 0 Å². The molecule has 166 valence electrons. The van der Waals surface area contributed by atoms with Crippen LogP contribution in [0.25, 0.3) is 0 Å². The number of carboxylic acid groups (broad SMARTS) is 1. The first-order valence-corrected chi connectivity index (χ1v) is 13.0. The predicted molar refractivity (Wildman–Crippen MR) is 126 cm³/mol. The lowest BCUT2D eigenvalue weighted by Gasteiger charge is -2.10. The molecule has 1 aromatic rings. The minimum atomic E-state index is -0.852. The molecule has 0 heterocycles. The van der Waals surface area contributed by atoms with E-state index in [-0.39, 0.29) is 0 Å². The number of anilines is 1. The van der Waals surface area contributed by atoms with Crippen LogP contribution in [0.1, 0.15) is 100 Å². The largest absolute Gasteiger partial charge is 0.478 e. The summed E-state index contributed by atoms with van der Waals surface area (Å²) in [6.45, 7) is 5.07. The van der Waals surface area contributed by atoms with Gasteiger partial charge in [0.1, 0.15) is 0 Å². The van der Waals surface area contributed by atoms with Crippen molar-refractivity contribution in [2.75, 3.05) is 23.4 Å². The van der Waals surface area contributed by atoms with E-state index in [1.165, 1.54) is 44.9 Å². The minimum Gasteiger partial charge on any atom is -0.478 e. The first-order valence-electron chi connectivity index (χ1n) is 11.5. The fourth-order valence-electron chi connectivity index (χ4n) is 3.47. The maximum Gasteiger partial charge on any atom is 0.335 e. The van der Waals surface area contributed by atoms with Crippen LogP contribution in [0.3, 0.4) is 0 Å². The van der Waals surface area contributed by atoms with E-state index in [4.69, 9.17) is 0 Å². The summed E-state index contributed by atoms with van der Waals surface area (Å²) in [5, 5.41) is 12.6. The van der Waals surface area contributed by atoms with E-state index in [1.54, 1.807) is 6.07 Å². The van der Waals surface area contributed by atoms with E-state index < -0.39 is 16.8 Å². The van der Waals surface area contributed by atoms with E-state index in [9.17, 15) is 14.1 Å². The third-order valence-electron chi connectivity index (χ3n) is 5.32. The molecule has 1 rings (SSSR count). The van der Waals surface area contributed by atoms with Crippen molar-refractivity contribution >= 4 is 22.5 Å². The molecule has 4 nitrogen and oxygen atoms in total. The SMILES string of the molecule is CCCCS(=O)CCCCCCCCCCCNc1ccc(C(=O)O)c(CC)c1. The van der Waals surface area contributed by atoms with Crippen LogP contribution in [0.2, 0.25) is 0 Å². The number of nitrogens with one attached hydrogen (secondary N) is 1. The number of carbonyl (C=O) groups is 1. The van der Waals surface area contributed by atoms with Crippen LogP contribution in [-0.2, 0) is 17.2 Å². The second-order valence-electron chi connectivity index (χ2n) is 7.84. The molecule has 0 amide bonds. The highest BCUT2D eigenvalue weighted by atomic mass is 32.2. The molecule has 0 fully saturated rings. The molecule has 1 atom stereocenters. The number of rotatable bonds is 18. The summed E-state index contributed by atoms with van der Waals surface area (Å²) in [5.74, 6) is 0.931. The summed E-state index contributed by atoms with van der Waals surface area (Å²) in [4.78, 5) is 11.2. The van der Waals surface area contributed by atoms with Crippen molar-refractivity contribution in [2.45, 2.75) is 90.9 Å². The third-order valence-corrected chi connectivity index (χ3v) is 6.81. The summed E-state index contributed by atoms with van der Waals surface area (Å²) < 4.78 is 11.7. The third kappa shape index (κ3) is 12.0. The monoisotopic (exact) mass is 423 g/mol. The Morgan fingerprint density at radius 3 is 2.07 bits per heavy atom. The zero-order valence-electron chi connectivity index (χ0n) is 18.5. The van der Waals surface area contributed by atoms with E-state index >= 15 is 0 Å². The highest BCUT2D eigenvalue weighted by molar-refractivity contribution is 7.84. The van der Waals surface area contributed by atoms with Gasteiger partial charge < -0.3 is 10.4 Å². The van der Waals surface area contributed by atoms with E-state index in [0.717, 1.165) is 61.4 Å². The molecule has 29 heavy (non-hydrogen) atoms. The molecule has 1 unspecified atom stereocenters. The second-order valence-corrected chi connectivity index (χ2v) is 9.54. The Bertz CT molecular complexity index is 604. The maximum absolute atomic E-state index is 11.7. The second kappa shape index (κ2) is 16.4. The summed E-state index contributed by atoms with van der Waals surface area (Å²) in [6.07, 6.45) is 14.2. The molecule has 0 saturated heterocycles. The lowest BCUT2D eigenvalue weighted by molar-refractivity contribution is 0.0695. The fourth-order valence-corrected chi connectivity index (χ4v) is 4.81. The summed E-state index contributed by atoms with van der Waals surface area (Å²) in [7, 11) is -0.585. The lowest BCUT2D eigenvalue weighted by Crippen LogP contribution is -2.05. The number of hydrogen-bond acceptors (Lipinski definition) is 3. The van der Waals surface area contributed by atoms with Crippen molar-refractivity contribution < 1.29 is 14.1 Å². The van der Waals surface area contributed by atoms with Crippen LogP contribution < -0.4 is 5.32 Å². The van der Waals surface area contributed by atoms with E-state index in [1.807, 2.05) is 19.1 Å². The number of carboxylic acids is 1.